The van der Waals surface area contributed by atoms with Gasteiger partial charge in [-0.1, -0.05) is 15.9 Å². The molecule has 0 bridgehead atoms. The smallest absolute Gasteiger partial charge is 0.223 e. The van der Waals surface area contributed by atoms with Gasteiger partial charge < -0.3 is 10.6 Å². The summed E-state index contributed by atoms with van der Waals surface area (Å²) in [5.74, 6) is 0.0822. The molecule has 1 aliphatic rings. The number of anilines is 2. The van der Waals surface area contributed by atoms with E-state index in [2.05, 4.69) is 33.0 Å². The van der Waals surface area contributed by atoms with Crippen LogP contribution in [0.3, 0.4) is 0 Å². The highest BCUT2D eigenvalue weighted by molar-refractivity contribution is 9.10. The van der Waals surface area contributed by atoms with E-state index in [4.69, 9.17) is 5.73 Å². The average molecular weight is 366 g/mol. The number of amides is 1. The first kappa shape index (κ1) is 14.5. The number of fused-ring (bicyclic) bond motifs is 1. The molecule has 0 radical (unpaired) electrons. The Balaban J connectivity index is 2.17. The van der Waals surface area contributed by atoms with E-state index in [0.717, 1.165) is 45.7 Å². The number of nitrogens with two attached hydrogens (primary N) is 1. The predicted molar refractivity (Wildman–Crippen MR) is 90.7 cm³/mol. The fraction of sp³-hybridized carbons (Fsp3) is 0.333. The number of carbonyl (C=O) groups is 1. The maximum absolute atomic E-state index is 11.8. The number of benzene rings is 1. The van der Waals surface area contributed by atoms with Gasteiger partial charge in [-0.25, -0.2) is 4.98 Å². The summed E-state index contributed by atoms with van der Waals surface area (Å²) >= 11 is 5.12. The lowest BCUT2D eigenvalue weighted by Crippen LogP contribution is -2.33. The van der Waals surface area contributed by atoms with Crippen molar-refractivity contribution in [2.24, 2.45) is 0 Å². The van der Waals surface area contributed by atoms with Crippen molar-refractivity contribution in [2.75, 3.05) is 17.2 Å². The van der Waals surface area contributed by atoms with Crippen LogP contribution in [0.15, 0.2) is 16.6 Å². The summed E-state index contributed by atoms with van der Waals surface area (Å²) in [4.78, 5) is 19.2. The highest BCUT2D eigenvalue weighted by Crippen LogP contribution is 2.39. The van der Waals surface area contributed by atoms with E-state index in [1.165, 1.54) is 16.9 Å². The van der Waals surface area contributed by atoms with Crippen LogP contribution in [0, 0.1) is 6.92 Å². The maximum atomic E-state index is 11.8. The van der Waals surface area contributed by atoms with Gasteiger partial charge in [-0.2, -0.15) is 0 Å². The molecule has 1 aromatic heterocycles. The van der Waals surface area contributed by atoms with Crippen LogP contribution in [-0.2, 0) is 11.2 Å². The van der Waals surface area contributed by atoms with E-state index < -0.39 is 0 Å². The zero-order valence-corrected chi connectivity index (χ0v) is 14.3. The molecule has 0 aliphatic carbocycles. The lowest BCUT2D eigenvalue weighted by molar-refractivity contribution is -0.116. The molecule has 1 aromatic carbocycles. The number of nitrogen functional groups attached to an aromatic ring is 1. The number of aromatic nitrogens is 1. The number of hydrogen-bond donors (Lipinski definition) is 1. The number of hydrogen-bond acceptors (Lipinski definition) is 4. The quantitative estimate of drug-likeness (QED) is 0.836. The molecular formula is C15H16BrN3OS. The molecular weight excluding hydrogens is 350 g/mol. The SMILES string of the molecule is CC(=O)N1CCCc2cc(Br)c(-c3nc(N)sc3C)cc21. The average Bonchev–Trinajstić information content (AvgIpc) is 2.75. The zero-order valence-electron chi connectivity index (χ0n) is 11.9. The van der Waals surface area contributed by atoms with Crippen molar-refractivity contribution in [1.29, 1.82) is 0 Å². The maximum Gasteiger partial charge on any atom is 0.223 e. The van der Waals surface area contributed by atoms with Crippen molar-refractivity contribution in [1.82, 2.24) is 4.98 Å². The molecule has 0 saturated carbocycles. The van der Waals surface area contributed by atoms with Crippen molar-refractivity contribution in [3.63, 3.8) is 0 Å². The molecule has 6 heteroatoms. The fourth-order valence-electron chi connectivity index (χ4n) is 2.78. The first-order valence-corrected chi connectivity index (χ1v) is 8.42. The molecule has 110 valence electrons. The molecule has 0 atom stereocenters. The largest absolute Gasteiger partial charge is 0.375 e. The minimum absolute atomic E-state index is 0.0822. The lowest BCUT2D eigenvalue weighted by Gasteiger charge is -2.29. The predicted octanol–water partition coefficient (Wildman–Crippen LogP) is 3.76. The third kappa shape index (κ3) is 2.58. The van der Waals surface area contributed by atoms with Gasteiger partial charge in [-0.3, -0.25) is 4.79 Å². The van der Waals surface area contributed by atoms with E-state index in [0.29, 0.717) is 5.13 Å². The molecule has 21 heavy (non-hydrogen) atoms. The molecule has 2 heterocycles. The highest BCUT2D eigenvalue weighted by atomic mass is 79.9. The Morgan fingerprint density at radius 1 is 1.48 bits per heavy atom. The zero-order chi connectivity index (χ0) is 15.1. The Morgan fingerprint density at radius 3 is 2.86 bits per heavy atom. The van der Waals surface area contributed by atoms with Gasteiger partial charge in [0.2, 0.25) is 5.91 Å². The van der Waals surface area contributed by atoms with Crippen LogP contribution >= 0.6 is 27.3 Å². The van der Waals surface area contributed by atoms with Gasteiger partial charge in [0.15, 0.2) is 5.13 Å². The molecule has 4 nitrogen and oxygen atoms in total. The van der Waals surface area contributed by atoms with Crippen LogP contribution < -0.4 is 10.6 Å². The summed E-state index contributed by atoms with van der Waals surface area (Å²) in [6.45, 7) is 4.41. The second-order valence-corrected chi connectivity index (χ2v) is 7.28. The third-order valence-electron chi connectivity index (χ3n) is 3.74. The molecule has 1 amide bonds. The highest BCUT2D eigenvalue weighted by Gasteiger charge is 2.23. The van der Waals surface area contributed by atoms with E-state index in [1.54, 1.807) is 6.92 Å². The molecule has 0 saturated heterocycles. The Kier molecular flexibility index (Phi) is 3.75. The number of nitrogens with zero attached hydrogens (tertiary/aromatic N) is 2. The molecule has 2 aromatic rings. The summed E-state index contributed by atoms with van der Waals surface area (Å²) in [5.41, 5.74) is 9.89. The summed E-state index contributed by atoms with van der Waals surface area (Å²) in [7, 11) is 0. The summed E-state index contributed by atoms with van der Waals surface area (Å²) < 4.78 is 1.00. The first-order chi connectivity index (χ1) is 9.97. The molecule has 2 N–H and O–H groups in total. The fourth-order valence-corrected chi connectivity index (χ4v) is 4.06. The van der Waals surface area contributed by atoms with Crippen LogP contribution in [0.4, 0.5) is 10.8 Å². The van der Waals surface area contributed by atoms with E-state index in [9.17, 15) is 4.79 Å². The van der Waals surface area contributed by atoms with Crippen molar-refractivity contribution in [2.45, 2.75) is 26.7 Å². The Labute approximate surface area is 136 Å². The topological polar surface area (TPSA) is 59.2 Å². The summed E-state index contributed by atoms with van der Waals surface area (Å²) in [5, 5.41) is 0.565. The van der Waals surface area contributed by atoms with Crippen molar-refractivity contribution < 1.29 is 4.79 Å². The number of thiazole rings is 1. The monoisotopic (exact) mass is 365 g/mol. The van der Waals surface area contributed by atoms with Crippen LogP contribution in [-0.4, -0.2) is 17.4 Å². The van der Waals surface area contributed by atoms with Crippen molar-refractivity contribution >= 4 is 44.0 Å². The minimum Gasteiger partial charge on any atom is -0.375 e. The lowest BCUT2D eigenvalue weighted by atomic mass is 9.98. The van der Waals surface area contributed by atoms with Crippen molar-refractivity contribution in [3.8, 4) is 11.3 Å². The van der Waals surface area contributed by atoms with Gasteiger partial charge in [0.1, 0.15) is 0 Å². The molecule has 0 fully saturated rings. The van der Waals surface area contributed by atoms with Crippen LogP contribution in [0.5, 0.6) is 0 Å². The Morgan fingerprint density at radius 2 is 2.24 bits per heavy atom. The van der Waals surface area contributed by atoms with Gasteiger partial charge in [-0.05, 0) is 37.5 Å². The third-order valence-corrected chi connectivity index (χ3v) is 5.19. The van der Waals surface area contributed by atoms with Gasteiger partial charge in [0.25, 0.3) is 0 Å². The van der Waals surface area contributed by atoms with Crippen LogP contribution in [0.2, 0.25) is 0 Å². The van der Waals surface area contributed by atoms with E-state index in [-0.39, 0.29) is 5.91 Å². The number of halogens is 1. The first-order valence-electron chi connectivity index (χ1n) is 6.81. The van der Waals surface area contributed by atoms with Crippen molar-refractivity contribution in [3.05, 3.63) is 27.0 Å². The van der Waals surface area contributed by atoms with Gasteiger partial charge >= 0.3 is 0 Å². The molecule has 0 unspecified atom stereocenters. The normalized spacial score (nSPS) is 14.1. The van der Waals surface area contributed by atoms with Gasteiger partial charge in [0, 0.05) is 34.1 Å². The van der Waals surface area contributed by atoms with E-state index >= 15 is 0 Å². The minimum atomic E-state index is 0.0822. The number of aryl methyl sites for hydroxylation is 2. The van der Waals surface area contributed by atoms with Crippen LogP contribution in [0.1, 0.15) is 23.8 Å². The summed E-state index contributed by atoms with van der Waals surface area (Å²) in [6.07, 6.45) is 2.00. The second-order valence-electron chi connectivity index (χ2n) is 5.19. The second kappa shape index (κ2) is 5.42. The van der Waals surface area contributed by atoms with Gasteiger partial charge in [0.05, 0.1) is 5.69 Å². The van der Waals surface area contributed by atoms with Crippen LogP contribution in [0.25, 0.3) is 11.3 Å². The van der Waals surface area contributed by atoms with E-state index in [1.807, 2.05) is 11.8 Å². The number of rotatable bonds is 1. The molecule has 1 aliphatic heterocycles. The number of carbonyl (C=O) groups excluding carboxylic acids is 1. The Bertz CT molecular complexity index is 726. The van der Waals surface area contributed by atoms with Gasteiger partial charge in [-0.15, -0.1) is 11.3 Å². The summed E-state index contributed by atoms with van der Waals surface area (Å²) in [6, 6.07) is 4.16. The Hall–Kier alpha value is -1.40. The standard InChI is InChI=1S/C15H16BrN3OS/c1-8-14(18-15(17)21-8)11-7-13-10(6-12(11)16)4-3-5-19(13)9(2)20/h6-7H,3-5H2,1-2H3,(H2,17,18). The molecule has 3 rings (SSSR count). The molecule has 0 spiro atoms.